The molecule has 0 saturated heterocycles. The average molecular weight is 517 g/mol. The second-order valence-corrected chi connectivity index (χ2v) is 11.4. The topological polar surface area (TPSA) is 24.4 Å². The molecule has 1 aliphatic carbocycles. The molecule has 0 atom stereocenters. The maximum Gasteiger partial charge on any atom is 0.127 e. The Hall–Kier alpha value is -2.68. The Labute approximate surface area is 231 Å². The van der Waals surface area contributed by atoms with E-state index in [4.69, 9.17) is 4.99 Å². The lowest BCUT2D eigenvalue weighted by Gasteiger charge is -2.29. The molecular weight excluding hydrogens is 467 g/mol. The summed E-state index contributed by atoms with van der Waals surface area (Å²) >= 11 is 0. The van der Waals surface area contributed by atoms with Crippen LogP contribution in [-0.2, 0) is 6.42 Å². The van der Waals surface area contributed by atoms with Gasteiger partial charge < -0.3 is 5.32 Å². The van der Waals surface area contributed by atoms with Crippen LogP contribution in [0, 0.1) is 18.2 Å². The van der Waals surface area contributed by atoms with Crippen LogP contribution in [0.4, 0.5) is 4.39 Å². The second kappa shape index (κ2) is 13.9. The molecule has 0 unspecified atom stereocenters. The van der Waals surface area contributed by atoms with Crippen molar-refractivity contribution < 1.29 is 4.39 Å². The normalized spacial score (nSPS) is 16.3. The highest BCUT2D eigenvalue weighted by atomic mass is 19.1. The molecule has 2 aromatic carbocycles. The smallest absolute Gasteiger partial charge is 0.127 e. The lowest BCUT2D eigenvalue weighted by atomic mass is 9.76. The maximum absolute atomic E-state index is 14.9. The van der Waals surface area contributed by atoms with Crippen molar-refractivity contribution in [1.82, 2.24) is 5.32 Å². The van der Waals surface area contributed by atoms with Crippen LogP contribution >= 0.6 is 0 Å². The third-order valence-electron chi connectivity index (χ3n) is 8.19. The standard InChI is InChI=1S/C35H49FN2/c1-8-11-18-35(6,19-12-9-2)20-13-21-38-34-26(5)30(16-14-28(34)24-37-7)31-23-25(4)22-27-15-17-32(36)29(10-3)33(27)31/h14-17,22-24,37H,8-13,18-21H2,1-7H3/b28-24+,38-34-. The minimum absolute atomic E-state index is 0.123. The molecule has 0 aromatic heterocycles. The summed E-state index contributed by atoms with van der Waals surface area (Å²) in [5.74, 6) is -0.123. The predicted octanol–water partition coefficient (Wildman–Crippen LogP) is 9.90. The molecule has 3 rings (SSSR count). The van der Waals surface area contributed by atoms with Gasteiger partial charge in [-0.2, -0.15) is 0 Å². The van der Waals surface area contributed by atoms with Crippen LogP contribution in [0.3, 0.4) is 0 Å². The summed E-state index contributed by atoms with van der Waals surface area (Å²) in [4.78, 5) is 5.19. The van der Waals surface area contributed by atoms with E-state index in [2.05, 4.69) is 64.2 Å². The summed E-state index contributed by atoms with van der Waals surface area (Å²) in [6, 6.07) is 7.90. The molecular formula is C35H49FN2. The van der Waals surface area contributed by atoms with Gasteiger partial charge in [0.15, 0.2) is 0 Å². The number of unbranched alkanes of at least 4 members (excludes halogenated alkanes) is 2. The van der Waals surface area contributed by atoms with Crippen molar-refractivity contribution in [2.75, 3.05) is 13.6 Å². The number of nitrogens with zero attached hydrogens (tertiary/aromatic N) is 1. The second-order valence-electron chi connectivity index (χ2n) is 11.4. The molecule has 3 heteroatoms. The van der Waals surface area contributed by atoms with Gasteiger partial charge in [-0.3, -0.25) is 4.99 Å². The molecule has 0 saturated carbocycles. The highest BCUT2D eigenvalue weighted by Gasteiger charge is 2.23. The third kappa shape index (κ3) is 7.04. The molecule has 0 amide bonds. The van der Waals surface area contributed by atoms with E-state index < -0.39 is 0 Å². The fourth-order valence-electron chi connectivity index (χ4n) is 6.00. The zero-order chi connectivity index (χ0) is 27.7. The van der Waals surface area contributed by atoms with Gasteiger partial charge in [0.2, 0.25) is 0 Å². The largest absolute Gasteiger partial charge is 0.393 e. The Kier molecular flexibility index (Phi) is 10.9. The Balaban J connectivity index is 1.98. The molecule has 0 heterocycles. The minimum Gasteiger partial charge on any atom is -0.393 e. The first-order valence-electron chi connectivity index (χ1n) is 14.8. The van der Waals surface area contributed by atoms with Gasteiger partial charge in [0.25, 0.3) is 0 Å². The summed E-state index contributed by atoms with van der Waals surface area (Å²) in [6.45, 7) is 14.2. The minimum atomic E-state index is -0.123. The number of benzene rings is 2. The first-order valence-corrected chi connectivity index (χ1v) is 14.8. The summed E-state index contributed by atoms with van der Waals surface area (Å²) < 4.78 is 14.9. The molecule has 0 aliphatic heterocycles. The number of aliphatic imine (C=N–C) groups is 1. The molecule has 0 fully saturated rings. The van der Waals surface area contributed by atoms with E-state index in [1.807, 2.05) is 26.2 Å². The Morgan fingerprint density at radius 1 is 0.947 bits per heavy atom. The first-order chi connectivity index (χ1) is 18.3. The van der Waals surface area contributed by atoms with Crippen LogP contribution in [0.5, 0.6) is 0 Å². The maximum atomic E-state index is 14.9. The summed E-state index contributed by atoms with van der Waals surface area (Å²) in [5.41, 5.74) is 7.95. The molecule has 2 nitrogen and oxygen atoms in total. The van der Waals surface area contributed by atoms with Gasteiger partial charge in [0.05, 0.1) is 5.71 Å². The molecule has 0 radical (unpaired) electrons. The monoisotopic (exact) mass is 516 g/mol. The summed E-state index contributed by atoms with van der Waals surface area (Å²) in [7, 11) is 1.93. The van der Waals surface area contributed by atoms with Crippen molar-refractivity contribution in [3.63, 3.8) is 0 Å². The molecule has 206 valence electrons. The first kappa shape index (κ1) is 29.9. The van der Waals surface area contributed by atoms with Crippen molar-refractivity contribution in [3.05, 3.63) is 76.3 Å². The SMILES string of the molecule is CCCCC(C)(CCCC)CCC/N=C1/C(C)=C(c2cc(C)cc3ccc(F)c(CC)c23)C=C/C1=C\NC. The van der Waals surface area contributed by atoms with Gasteiger partial charge in [-0.05, 0) is 96.0 Å². The van der Waals surface area contributed by atoms with Crippen LogP contribution in [0.25, 0.3) is 16.3 Å². The van der Waals surface area contributed by atoms with Crippen LogP contribution in [0.15, 0.2) is 58.8 Å². The van der Waals surface area contributed by atoms with Crippen LogP contribution in [0.2, 0.25) is 0 Å². The fraction of sp³-hybridized carbons (Fsp3) is 0.514. The molecule has 0 spiro atoms. The van der Waals surface area contributed by atoms with Crippen molar-refractivity contribution >= 4 is 22.1 Å². The van der Waals surface area contributed by atoms with Gasteiger partial charge >= 0.3 is 0 Å². The predicted molar refractivity (Wildman–Crippen MR) is 166 cm³/mol. The Morgan fingerprint density at radius 3 is 2.26 bits per heavy atom. The number of hydrogen-bond acceptors (Lipinski definition) is 2. The Morgan fingerprint density at radius 2 is 1.63 bits per heavy atom. The van der Waals surface area contributed by atoms with Gasteiger partial charge in [0.1, 0.15) is 5.82 Å². The van der Waals surface area contributed by atoms with E-state index in [9.17, 15) is 4.39 Å². The van der Waals surface area contributed by atoms with Crippen molar-refractivity contribution in [2.24, 2.45) is 10.4 Å². The summed E-state index contributed by atoms with van der Waals surface area (Å²) in [6.07, 6.45) is 17.1. The average Bonchev–Trinajstić information content (AvgIpc) is 2.90. The number of aryl methyl sites for hydroxylation is 2. The number of halogens is 1. The van der Waals surface area contributed by atoms with Gasteiger partial charge in [0, 0.05) is 25.4 Å². The van der Waals surface area contributed by atoms with Gasteiger partial charge in [-0.1, -0.05) is 83.7 Å². The number of allylic oxidation sites excluding steroid dienone is 5. The number of hydrogen-bond donors (Lipinski definition) is 1. The van der Waals surface area contributed by atoms with Crippen LogP contribution < -0.4 is 5.32 Å². The van der Waals surface area contributed by atoms with E-state index in [0.29, 0.717) is 11.8 Å². The molecule has 0 bridgehead atoms. The van der Waals surface area contributed by atoms with Gasteiger partial charge in [-0.25, -0.2) is 4.39 Å². The number of nitrogens with one attached hydrogen (secondary N) is 1. The number of rotatable bonds is 13. The lowest BCUT2D eigenvalue weighted by molar-refractivity contribution is 0.231. The Bertz CT molecular complexity index is 1220. The van der Waals surface area contributed by atoms with Crippen LogP contribution in [0.1, 0.15) is 103 Å². The number of fused-ring (bicyclic) bond motifs is 1. The zero-order valence-corrected chi connectivity index (χ0v) is 24.9. The zero-order valence-electron chi connectivity index (χ0n) is 24.9. The van der Waals surface area contributed by atoms with E-state index in [1.54, 1.807) is 6.07 Å². The van der Waals surface area contributed by atoms with E-state index in [1.165, 1.54) is 50.5 Å². The fourth-order valence-corrected chi connectivity index (χ4v) is 6.00. The lowest BCUT2D eigenvalue weighted by Crippen LogP contribution is -2.17. The van der Waals surface area contributed by atoms with E-state index >= 15 is 0 Å². The molecule has 1 N–H and O–H groups in total. The molecule has 2 aromatic rings. The van der Waals surface area contributed by atoms with E-state index in [0.717, 1.165) is 57.3 Å². The summed E-state index contributed by atoms with van der Waals surface area (Å²) in [5, 5.41) is 5.33. The van der Waals surface area contributed by atoms with Crippen molar-refractivity contribution in [2.45, 2.75) is 99.3 Å². The highest BCUT2D eigenvalue weighted by Crippen LogP contribution is 2.37. The van der Waals surface area contributed by atoms with Crippen molar-refractivity contribution in [1.29, 1.82) is 0 Å². The van der Waals surface area contributed by atoms with E-state index in [-0.39, 0.29) is 5.82 Å². The van der Waals surface area contributed by atoms with Crippen LogP contribution in [-0.4, -0.2) is 19.3 Å². The molecule has 1 aliphatic rings. The van der Waals surface area contributed by atoms with Gasteiger partial charge in [-0.15, -0.1) is 0 Å². The van der Waals surface area contributed by atoms with Crippen molar-refractivity contribution in [3.8, 4) is 0 Å². The third-order valence-corrected chi connectivity index (χ3v) is 8.19. The highest BCUT2D eigenvalue weighted by molar-refractivity contribution is 6.21. The quantitative estimate of drug-likeness (QED) is 0.263. The molecule has 38 heavy (non-hydrogen) atoms.